The van der Waals surface area contributed by atoms with Gasteiger partial charge in [0, 0.05) is 0 Å². The number of aromatic carboxylic acids is 1. The molecular weight excluding hydrogens is 270 g/mol. The van der Waals surface area contributed by atoms with Gasteiger partial charge < -0.3 is 9.84 Å². The van der Waals surface area contributed by atoms with Crippen molar-refractivity contribution in [2.24, 2.45) is 0 Å². The van der Waals surface area contributed by atoms with E-state index in [0.717, 1.165) is 25.8 Å². The van der Waals surface area contributed by atoms with Crippen molar-refractivity contribution in [3.8, 4) is 11.5 Å². The Morgan fingerprint density at radius 3 is 2.81 bits per heavy atom. The first-order valence-corrected chi connectivity index (χ1v) is 7.03. The van der Waals surface area contributed by atoms with Crippen LogP contribution in [0.5, 0.6) is 11.5 Å². The van der Waals surface area contributed by atoms with E-state index in [0.29, 0.717) is 5.75 Å². The SMILES string of the molecule is O=C(O)c1c(Oc2ccccc2)cnn1C1CCCCN1. The van der Waals surface area contributed by atoms with Crippen LogP contribution in [0.25, 0.3) is 0 Å². The number of para-hydroxylation sites is 1. The molecule has 0 radical (unpaired) electrons. The van der Waals surface area contributed by atoms with Gasteiger partial charge in [-0.1, -0.05) is 18.2 Å². The van der Waals surface area contributed by atoms with E-state index in [1.807, 2.05) is 18.2 Å². The second-order valence-electron chi connectivity index (χ2n) is 4.99. The summed E-state index contributed by atoms with van der Waals surface area (Å²) >= 11 is 0. The highest BCUT2D eigenvalue weighted by Gasteiger charge is 2.25. The van der Waals surface area contributed by atoms with E-state index >= 15 is 0 Å². The molecule has 110 valence electrons. The van der Waals surface area contributed by atoms with E-state index in [-0.39, 0.29) is 17.6 Å². The summed E-state index contributed by atoms with van der Waals surface area (Å²) in [6.45, 7) is 0.873. The van der Waals surface area contributed by atoms with Gasteiger partial charge >= 0.3 is 5.97 Å². The molecule has 1 saturated heterocycles. The van der Waals surface area contributed by atoms with Crippen LogP contribution in [0.15, 0.2) is 36.5 Å². The molecule has 2 N–H and O–H groups in total. The molecule has 1 aliphatic rings. The van der Waals surface area contributed by atoms with E-state index in [9.17, 15) is 9.90 Å². The van der Waals surface area contributed by atoms with Gasteiger partial charge in [0.1, 0.15) is 11.9 Å². The number of carbonyl (C=O) groups is 1. The quantitative estimate of drug-likeness (QED) is 0.904. The van der Waals surface area contributed by atoms with Crippen LogP contribution < -0.4 is 10.1 Å². The third-order valence-corrected chi connectivity index (χ3v) is 3.51. The highest BCUT2D eigenvalue weighted by molar-refractivity contribution is 5.89. The number of carboxylic acids is 1. The van der Waals surface area contributed by atoms with E-state index in [1.54, 1.807) is 12.1 Å². The van der Waals surface area contributed by atoms with Crippen molar-refractivity contribution in [1.82, 2.24) is 15.1 Å². The highest BCUT2D eigenvalue weighted by atomic mass is 16.5. The fourth-order valence-electron chi connectivity index (χ4n) is 2.52. The molecule has 0 saturated carbocycles. The number of ether oxygens (including phenoxy) is 1. The van der Waals surface area contributed by atoms with Crippen LogP contribution in [0.2, 0.25) is 0 Å². The lowest BCUT2D eigenvalue weighted by atomic mass is 10.1. The number of benzene rings is 1. The molecule has 1 aromatic carbocycles. The van der Waals surface area contributed by atoms with Gasteiger partial charge in [0.05, 0.1) is 6.20 Å². The molecule has 2 heterocycles. The fourth-order valence-corrected chi connectivity index (χ4v) is 2.52. The molecule has 21 heavy (non-hydrogen) atoms. The molecule has 1 fully saturated rings. The Labute approximate surface area is 122 Å². The highest BCUT2D eigenvalue weighted by Crippen LogP contribution is 2.28. The standard InChI is InChI=1S/C15H17N3O3/c19-15(20)14-12(21-11-6-2-1-3-7-11)10-17-18(14)13-8-4-5-9-16-13/h1-3,6-7,10,13,16H,4-5,8-9H2,(H,19,20). The van der Waals surface area contributed by atoms with Crippen molar-refractivity contribution in [2.75, 3.05) is 6.54 Å². The van der Waals surface area contributed by atoms with E-state index in [1.165, 1.54) is 10.9 Å². The summed E-state index contributed by atoms with van der Waals surface area (Å²) in [7, 11) is 0. The summed E-state index contributed by atoms with van der Waals surface area (Å²) in [4.78, 5) is 11.6. The summed E-state index contributed by atoms with van der Waals surface area (Å²) in [6.07, 6.45) is 4.41. The molecule has 0 aliphatic carbocycles. The van der Waals surface area contributed by atoms with Gasteiger partial charge in [-0.05, 0) is 37.9 Å². The third kappa shape index (κ3) is 2.90. The number of nitrogens with zero attached hydrogens (tertiary/aromatic N) is 2. The Balaban J connectivity index is 1.90. The molecular formula is C15H17N3O3. The Bertz CT molecular complexity index is 618. The number of hydrogen-bond acceptors (Lipinski definition) is 4. The normalized spacial score (nSPS) is 18.4. The first-order valence-electron chi connectivity index (χ1n) is 7.03. The zero-order chi connectivity index (χ0) is 14.7. The molecule has 6 nitrogen and oxygen atoms in total. The maximum atomic E-state index is 11.6. The molecule has 0 spiro atoms. The number of piperidine rings is 1. The Hall–Kier alpha value is -2.34. The predicted octanol–water partition coefficient (Wildman–Crippen LogP) is 2.65. The Morgan fingerprint density at radius 1 is 1.33 bits per heavy atom. The molecule has 6 heteroatoms. The third-order valence-electron chi connectivity index (χ3n) is 3.51. The van der Waals surface area contributed by atoms with Crippen molar-refractivity contribution in [2.45, 2.75) is 25.4 Å². The van der Waals surface area contributed by atoms with E-state index in [4.69, 9.17) is 4.74 Å². The van der Waals surface area contributed by atoms with Gasteiger partial charge in [-0.3, -0.25) is 5.32 Å². The molecule has 0 amide bonds. The number of carboxylic acid groups (broad SMARTS) is 1. The number of hydrogen-bond donors (Lipinski definition) is 2. The summed E-state index contributed by atoms with van der Waals surface area (Å²) in [5.74, 6) is -0.178. The summed E-state index contributed by atoms with van der Waals surface area (Å²) in [5, 5.41) is 17.0. The van der Waals surface area contributed by atoms with Crippen molar-refractivity contribution >= 4 is 5.97 Å². The van der Waals surface area contributed by atoms with E-state index < -0.39 is 5.97 Å². The first-order chi connectivity index (χ1) is 10.3. The van der Waals surface area contributed by atoms with Gasteiger partial charge in [-0.2, -0.15) is 5.10 Å². The average molecular weight is 287 g/mol. The van der Waals surface area contributed by atoms with Gasteiger partial charge in [0.15, 0.2) is 11.4 Å². The maximum absolute atomic E-state index is 11.6. The summed E-state index contributed by atoms with van der Waals surface area (Å²) < 4.78 is 7.16. The lowest BCUT2D eigenvalue weighted by Crippen LogP contribution is -2.33. The Morgan fingerprint density at radius 2 is 2.14 bits per heavy atom. The van der Waals surface area contributed by atoms with Gasteiger partial charge in [0.25, 0.3) is 0 Å². The topological polar surface area (TPSA) is 76.4 Å². The predicted molar refractivity (Wildman–Crippen MR) is 76.6 cm³/mol. The van der Waals surface area contributed by atoms with Crippen molar-refractivity contribution in [1.29, 1.82) is 0 Å². The monoisotopic (exact) mass is 287 g/mol. The van der Waals surface area contributed by atoms with Crippen LogP contribution in [0.3, 0.4) is 0 Å². The summed E-state index contributed by atoms with van der Waals surface area (Å²) in [5.41, 5.74) is 0.0817. The minimum atomic E-state index is -1.04. The second kappa shape index (κ2) is 5.97. The largest absolute Gasteiger partial charge is 0.476 e. The van der Waals surface area contributed by atoms with E-state index in [2.05, 4.69) is 10.4 Å². The first kappa shape index (κ1) is 13.6. The molecule has 3 rings (SSSR count). The van der Waals surface area contributed by atoms with Crippen LogP contribution in [0.4, 0.5) is 0 Å². The minimum absolute atomic E-state index is 0.0817. The lowest BCUT2D eigenvalue weighted by molar-refractivity contribution is 0.0673. The zero-order valence-electron chi connectivity index (χ0n) is 11.5. The molecule has 0 bridgehead atoms. The van der Waals surface area contributed by atoms with Gasteiger partial charge in [0.2, 0.25) is 0 Å². The smallest absolute Gasteiger partial charge is 0.358 e. The van der Waals surface area contributed by atoms with Gasteiger partial charge in [-0.15, -0.1) is 0 Å². The zero-order valence-corrected chi connectivity index (χ0v) is 11.5. The fraction of sp³-hybridized carbons (Fsp3) is 0.333. The second-order valence-corrected chi connectivity index (χ2v) is 4.99. The molecule has 1 atom stereocenters. The molecule has 1 aromatic heterocycles. The van der Waals surface area contributed by atoms with Crippen LogP contribution in [0.1, 0.15) is 35.9 Å². The van der Waals surface area contributed by atoms with Gasteiger partial charge in [-0.25, -0.2) is 9.48 Å². The number of nitrogens with one attached hydrogen (secondary N) is 1. The van der Waals surface area contributed by atoms with Crippen molar-refractivity contribution in [3.63, 3.8) is 0 Å². The van der Waals surface area contributed by atoms with Crippen LogP contribution >= 0.6 is 0 Å². The lowest BCUT2D eigenvalue weighted by Gasteiger charge is -2.24. The van der Waals surface area contributed by atoms with Crippen molar-refractivity contribution < 1.29 is 14.6 Å². The molecule has 2 aromatic rings. The van der Waals surface area contributed by atoms with Crippen molar-refractivity contribution in [3.05, 3.63) is 42.2 Å². The number of rotatable bonds is 4. The Kier molecular flexibility index (Phi) is 3.87. The molecule has 1 unspecified atom stereocenters. The number of aromatic nitrogens is 2. The van der Waals surface area contributed by atoms with Crippen LogP contribution in [-0.4, -0.2) is 27.4 Å². The van der Waals surface area contributed by atoms with Crippen LogP contribution in [-0.2, 0) is 0 Å². The average Bonchev–Trinajstić information content (AvgIpc) is 2.93. The molecule has 1 aliphatic heterocycles. The minimum Gasteiger partial charge on any atom is -0.476 e. The summed E-state index contributed by atoms with van der Waals surface area (Å²) in [6, 6.07) is 9.11. The van der Waals surface area contributed by atoms with Crippen LogP contribution in [0, 0.1) is 0 Å². The maximum Gasteiger partial charge on any atom is 0.358 e.